The lowest BCUT2D eigenvalue weighted by molar-refractivity contribution is 0.681. The monoisotopic (exact) mass is 694 g/mol. The summed E-state index contributed by atoms with van der Waals surface area (Å²) in [6.45, 7) is 2.40. The average molecular weight is 695 g/mol. The molecule has 0 atom stereocenters. The fraction of sp³-hybridized carbons (Fsp3) is 0.0400. The molecule has 2 heterocycles. The Kier molecular flexibility index (Phi) is 7.31. The summed E-state index contributed by atoms with van der Waals surface area (Å²) in [5.41, 5.74) is 10.7. The molecule has 0 amide bonds. The van der Waals surface area contributed by atoms with Gasteiger partial charge in [-0.1, -0.05) is 164 Å². The first-order valence-corrected chi connectivity index (χ1v) is 20.5. The molecule has 0 unspecified atom stereocenters. The predicted octanol–water partition coefficient (Wildman–Crippen LogP) is 9.98. The standard InChI is InChI=1S/C50H38N2Si/c1-50(42-25-11-13-27-44(42)51(38-19-5-2-6-20-38)45-28-14-12-26-43(45)50)37-33-35-39(36-34-37)52-46-29-15-17-31-48(46)53(40-21-7-3-8-22-40,41-23-9-4-10-24-41)49-32-18-16-30-47(49)52/h2-36H,1H3. The zero-order valence-corrected chi connectivity index (χ0v) is 30.6. The van der Waals surface area contributed by atoms with Crippen molar-refractivity contribution in [3.05, 3.63) is 229 Å². The van der Waals surface area contributed by atoms with E-state index in [1.54, 1.807) is 0 Å². The third-order valence-corrected chi connectivity index (χ3v) is 16.5. The number of fused-ring (bicyclic) bond motifs is 4. The van der Waals surface area contributed by atoms with E-state index < -0.39 is 8.07 Å². The Hall–Kier alpha value is -6.42. The van der Waals surface area contributed by atoms with Crippen molar-refractivity contribution in [2.45, 2.75) is 12.3 Å². The molecular weight excluding hydrogens is 657 g/mol. The van der Waals surface area contributed by atoms with Gasteiger partial charge in [0, 0.05) is 28.2 Å². The molecule has 252 valence electrons. The highest BCUT2D eigenvalue weighted by Crippen LogP contribution is 2.54. The number of para-hydroxylation sites is 5. The van der Waals surface area contributed by atoms with Crippen LogP contribution in [-0.2, 0) is 5.41 Å². The second-order valence-electron chi connectivity index (χ2n) is 14.2. The molecule has 0 radical (unpaired) electrons. The Morgan fingerprint density at radius 2 is 0.698 bits per heavy atom. The Bertz CT molecular complexity index is 2450. The molecule has 0 spiro atoms. The number of anilines is 6. The summed E-state index contributed by atoms with van der Waals surface area (Å²) in [6, 6.07) is 78.6. The van der Waals surface area contributed by atoms with Crippen molar-refractivity contribution in [1.82, 2.24) is 0 Å². The summed E-state index contributed by atoms with van der Waals surface area (Å²) in [5.74, 6) is 0. The van der Waals surface area contributed by atoms with E-state index in [1.807, 2.05) is 0 Å². The third-order valence-electron chi connectivity index (χ3n) is 11.6. The van der Waals surface area contributed by atoms with Crippen LogP contribution < -0.4 is 30.5 Å². The zero-order chi connectivity index (χ0) is 35.4. The lowest BCUT2D eigenvalue weighted by Gasteiger charge is -2.45. The van der Waals surface area contributed by atoms with Gasteiger partial charge in [-0.15, -0.1) is 0 Å². The van der Waals surface area contributed by atoms with Gasteiger partial charge in [0.05, 0.1) is 11.4 Å². The molecular formula is C50H38N2Si. The van der Waals surface area contributed by atoms with Gasteiger partial charge < -0.3 is 9.80 Å². The van der Waals surface area contributed by atoms with Gasteiger partial charge in [0.15, 0.2) is 8.07 Å². The second kappa shape index (κ2) is 12.4. The minimum absolute atomic E-state index is 0.364. The summed E-state index contributed by atoms with van der Waals surface area (Å²) in [6.07, 6.45) is 0. The summed E-state index contributed by atoms with van der Waals surface area (Å²) in [4.78, 5) is 4.91. The molecule has 0 aromatic heterocycles. The van der Waals surface area contributed by atoms with Gasteiger partial charge in [-0.3, -0.25) is 0 Å². The lowest BCUT2D eigenvalue weighted by Crippen LogP contribution is -2.77. The van der Waals surface area contributed by atoms with Crippen LogP contribution in [0.2, 0.25) is 0 Å². The maximum Gasteiger partial charge on any atom is 0.184 e. The van der Waals surface area contributed by atoms with Crippen molar-refractivity contribution in [2.24, 2.45) is 0 Å². The summed E-state index contributed by atoms with van der Waals surface area (Å²) in [7, 11) is -2.66. The smallest absolute Gasteiger partial charge is 0.184 e. The van der Waals surface area contributed by atoms with E-state index in [-0.39, 0.29) is 5.41 Å². The van der Waals surface area contributed by atoms with Gasteiger partial charge in [0.2, 0.25) is 0 Å². The second-order valence-corrected chi connectivity index (χ2v) is 18.0. The topological polar surface area (TPSA) is 6.48 Å². The van der Waals surface area contributed by atoms with E-state index >= 15 is 0 Å². The van der Waals surface area contributed by atoms with Crippen LogP contribution in [0.3, 0.4) is 0 Å². The molecule has 0 saturated carbocycles. The minimum Gasteiger partial charge on any atom is -0.311 e. The normalized spacial score (nSPS) is 14.7. The van der Waals surface area contributed by atoms with Crippen molar-refractivity contribution < 1.29 is 0 Å². The summed E-state index contributed by atoms with van der Waals surface area (Å²) < 4.78 is 0. The molecule has 0 bridgehead atoms. The molecule has 2 nitrogen and oxygen atoms in total. The Morgan fingerprint density at radius 3 is 1.19 bits per heavy atom. The number of hydrogen-bond acceptors (Lipinski definition) is 2. The van der Waals surface area contributed by atoms with E-state index in [2.05, 4.69) is 229 Å². The van der Waals surface area contributed by atoms with Crippen LogP contribution in [-0.4, -0.2) is 8.07 Å². The quantitative estimate of drug-likeness (QED) is 0.166. The minimum atomic E-state index is -2.66. The van der Waals surface area contributed by atoms with Crippen molar-refractivity contribution in [3.8, 4) is 0 Å². The molecule has 53 heavy (non-hydrogen) atoms. The highest BCUT2D eigenvalue weighted by atomic mass is 28.3. The fourth-order valence-electron chi connectivity index (χ4n) is 9.26. The first-order valence-electron chi connectivity index (χ1n) is 18.5. The molecule has 0 aliphatic carbocycles. The maximum atomic E-state index is 2.49. The largest absolute Gasteiger partial charge is 0.311 e. The molecule has 2 aliphatic rings. The van der Waals surface area contributed by atoms with Gasteiger partial charge >= 0.3 is 0 Å². The summed E-state index contributed by atoms with van der Waals surface area (Å²) in [5, 5.41) is 5.60. The van der Waals surface area contributed by atoms with E-state index in [1.165, 1.54) is 60.2 Å². The van der Waals surface area contributed by atoms with Crippen LogP contribution in [0.25, 0.3) is 0 Å². The first kappa shape index (κ1) is 31.3. The van der Waals surface area contributed by atoms with Crippen molar-refractivity contribution >= 4 is 62.9 Å². The Morgan fingerprint density at radius 1 is 0.340 bits per heavy atom. The fourth-order valence-corrected chi connectivity index (χ4v) is 14.4. The number of rotatable bonds is 5. The van der Waals surface area contributed by atoms with Crippen LogP contribution in [0.15, 0.2) is 212 Å². The van der Waals surface area contributed by atoms with Gasteiger partial charge in [-0.05, 0) is 92.9 Å². The van der Waals surface area contributed by atoms with Gasteiger partial charge in [-0.25, -0.2) is 0 Å². The Labute approximate surface area is 312 Å². The highest BCUT2D eigenvalue weighted by Gasteiger charge is 2.49. The molecule has 8 aromatic carbocycles. The summed E-state index contributed by atoms with van der Waals surface area (Å²) >= 11 is 0. The van der Waals surface area contributed by atoms with Crippen LogP contribution >= 0.6 is 0 Å². The molecule has 10 rings (SSSR count). The van der Waals surface area contributed by atoms with Crippen molar-refractivity contribution in [3.63, 3.8) is 0 Å². The van der Waals surface area contributed by atoms with Crippen molar-refractivity contribution in [1.29, 1.82) is 0 Å². The Balaban J connectivity index is 1.15. The lowest BCUT2D eigenvalue weighted by atomic mass is 9.67. The van der Waals surface area contributed by atoms with E-state index in [0.29, 0.717) is 0 Å². The van der Waals surface area contributed by atoms with E-state index in [4.69, 9.17) is 0 Å². The number of hydrogen-bond donors (Lipinski definition) is 0. The molecule has 0 N–H and O–H groups in total. The SMILES string of the molecule is CC1(c2ccc(N3c4ccccc4[Si](c4ccccc4)(c4ccccc4)c4ccccc43)cc2)c2ccccc2N(c2ccccc2)c2ccccc21. The average Bonchev–Trinajstić information content (AvgIpc) is 3.24. The van der Waals surface area contributed by atoms with Crippen LogP contribution in [0, 0.1) is 0 Å². The number of nitrogens with zero attached hydrogens (tertiary/aromatic N) is 2. The molecule has 0 saturated heterocycles. The van der Waals surface area contributed by atoms with Crippen LogP contribution in [0.4, 0.5) is 34.1 Å². The first-order chi connectivity index (χ1) is 26.2. The third kappa shape index (κ3) is 4.57. The molecule has 8 aromatic rings. The van der Waals surface area contributed by atoms with E-state index in [9.17, 15) is 0 Å². The predicted molar refractivity (Wildman–Crippen MR) is 225 cm³/mol. The molecule has 2 aliphatic heterocycles. The van der Waals surface area contributed by atoms with Crippen LogP contribution in [0.5, 0.6) is 0 Å². The number of benzene rings is 8. The zero-order valence-electron chi connectivity index (χ0n) is 29.6. The van der Waals surface area contributed by atoms with Gasteiger partial charge in [0.1, 0.15) is 0 Å². The van der Waals surface area contributed by atoms with Crippen molar-refractivity contribution in [2.75, 3.05) is 9.80 Å². The molecule has 3 heteroatoms. The highest BCUT2D eigenvalue weighted by molar-refractivity contribution is 7.21. The molecule has 0 fully saturated rings. The van der Waals surface area contributed by atoms with Gasteiger partial charge in [-0.2, -0.15) is 0 Å². The van der Waals surface area contributed by atoms with E-state index in [0.717, 1.165) is 11.4 Å². The van der Waals surface area contributed by atoms with Crippen LogP contribution in [0.1, 0.15) is 23.6 Å². The maximum absolute atomic E-state index is 2.66. The van der Waals surface area contributed by atoms with Gasteiger partial charge in [0.25, 0.3) is 0 Å².